The average Bonchev–Trinajstić information content (AvgIpc) is 2.39. The Bertz CT molecular complexity index is 662. The quantitative estimate of drug-likeness (QED) is 0.833. The molecule has 0 radical (unpaired) electrons. The van der Waals surface area contributed by atoms with Crippen molar-refractivity contribution in [2.75, 3.05) is 13.1 Å². The number of amides is 2. The van der Waals surface area contributed by atoms with Crippen molar-refractivity contribution >= 4 is 23.6 Å². The second-order valence-corrected chi connectivity index (χ2v) is 5.80. The van der Waals surface area contributed by atoms with Crippen LogP contribution in [0.5, 0.6) is 0 Å². The third-order valence-corrected chi connectivity index (χ3v) is 4.16. The maximum absolute atomic E-state index is 13.1. The lowest BCUT2D eigenvalue weighted by Crippen LogP contribution is -2.64. The fraction of sp³-hybridized carbons (Fsp3) is 0.429. The van der Waals surface area contributed by atoms with E-state index < -0.39 is 36.1 Å². The fourth-order valence-electron chi connectivity index (χ4n) is 2.58. The minimum absolute atomic E-state index is 0.114. The lowest BCUT2D eigenvalue weighted by atomic mass is 10.0. The number of carbonyl (C=O) groups excluding carboxylic acids is 1. The Morgan fingerprint density at radius 1 is 1.38 bits per heavy atom. The first-order valence-electron chi connectivity index (χ1n) is 6.84. The second-order valence-electron chi connectivity index (χ2n) is 5.39. The van der Waals surface area contributed by atoms with Gasteiger partial charge < -0.3 is 14.9 Å². The summed E-state index contributed by atoms with van der Waals surface area (Å²) in [5.74, 6) is -2.75. The van der Waals surface area contributed by atoms with Crippen LogP contribution in [0.1, 0.15) is 18.5 Å². The molecule has 0 saturated carbocycles. The number of nitrogens with zero attached hydrogens (tertiary/aromatic N) is 2. The van der Waals surface area contributed by atoms with Gasteiger partial charge in [-0.15, -0.1) is 0 Å². The number of hydrogen-bond acceptors (Lipinski definition) is 2. The predicted molar refractivity (Wildman–Crippen MR) is 76.1 cm³/mol. The van der Waals surface area contributed by atoms with Crippen molar-refractivity contribution < 1.29 is 32.3 Å². The number of rotatable bonds is 3. The van der Waals surface area contributed by atoms with Crippen LogP contribution in [0.15, 0.2) is 18.2 Å². The Hall–Kier alpha value is -2.03. The number of benzene rings is 1. The topological polar surface area (TPSA) is 60.9 Å². The van der Waals surface area contributed by atoms with E-state index >= 15 is 0 Å². The van der Waals surface area contributed by atoms with E-state index in [0.717, 1.165) is 17.0 Å². The molecule has 1 saturated heterocycles. The third kappa shape index (κ3) is 3.55. The molecule has 0 spiro atoms. The second kappa shape index (κ2) is 6.46. The van der Waals surface area contributed by atoms with Crippen molar-refractivity contribution in [1.82, 2.24) is 9.80 Å². The zero-order valence-corrected chi connectivity index (χ0v) is 13.1. The monoisotopic (exact) mass is 368 g/mol. The molecule has 1 fully saturated rings. The minimum atomic E-state index is -5.12. The van der Waals surface area contributed by atoms with Crippen LogP contribution in [-0.4, -0.2) is 52.2 Å². The maximum Gasteiger partial charge on any atom is 0.471 e. The number of halogens is 5. The van der Waals surface area contributed by atoms with Crippen molar-refractivity contribution in [2.24, 2.45) is 0 Å². The Morgan fingerprint density at radius 2 is 1.96 bits per heavy atom. The van der Waals surface area contributed by atoms with E-state index in [-0.39, 0.29) is 23.7 Å². The average molecular weight is 369 g/mol. The van der Waals surface area contributed by atoms with Crippen LogP contribution in [-0.2, 0) is 4.79 Å². The first kappa shape index (κ1) is 18.3. The molecule has 1 heterocycles. The molecule has 0 aliphatic carbocycles. The summed E-state index contributed by atoms with van der Waals surface area (Å²) in [7, 11) is 0. The molecule has 132 valence electrons. The van der Waals surface area contributed by atoms with E-state index in [0.29, 0.717) is 4.90 Å². The molecular formula is C14H13ClF4N2O3. The van der Waals surface area contributed by atoms with E-state index in [1.54, 1.807) is 0 Å². The number of alkyl halides is 3. The zero-order chi connectivity index (χ0) is 18.2. The summed E-state index contributed by atoms with van der Waals surface area (Å²) in [6, 6.07) is 1.12. The number of carbonyl (C=O) groups is 2. The summed E-state index contributed by atoms with van der Waals surface area (Å²) in [4.78, 5) is 24.0. The lowest BCUT2D eigenvalue weighted by Gasteiger charge is -2.46. The van der Waals surface area contributed by atoms with Gasteiger partial charge in [-0.3, -0.25) is 4.79 Å². The standard InChI is InChI=1S/C14H13ClF4N2O3/c1-7(10-3-2-8(16)4-11(10)15)21(12(22)14(17,18)19)9-5-20(6-9)13(23)24/h2-4,7,9H,5-6H2,1H3,(H,23,24). The normalized spacial score (nSPS) is 16.5. The molecule has 0 bridgehead atoms. The molecule has 1 N–H and O–H groups in total. The van der Waals surface area contributed by atoms with Crippen molar-refractivity contribution in [2.45, 2.75) is 25.2 Å². The Kier molecular flexibility index (Phi) is 4.93. The van der Waals surface area contributed by atoms with Crippen LogP contribution < -0.4 is 0 Å². The van der Waals surface area contributed by atoms with Crippen molar-refractivity contribution in [3.05, 3.63) is 34.6 Å². The first-order chi connectivity index (χ1) is 11.0. The number of hydrogen-bond donors (Lipinski definition) is 1. The van der Waals surface area contributed by atoms with Gasteiger partial charge in [0.15, 0.2) is 0 Å². The fourth-order valence-corrected chi connectivity index (χ4v) is 2.91. The Labute approximate surface area is 139 Å². The molecule has 24 heavy (non-hydrogen) atoms. The molecule has 10 heteroatoms. The zero-order valence-electron chi connectivity index (χ0n) is 12.3. The van der Waals surface area contributed by atoms with Gasteiger partial charge >= 0.3 is 18.2 Å². The first-order valence-corrected chi connectivity index (χ1v) is 7.22. The summed E-state index contributed by atoms with van der Waals surface area (Å²) in [6.45, 7) is 0.854. The van der Waals surface area contributed by atoms with Gasteiger partial charge in [0.25, 0.3) is 0 Å². The minimum Gasteiger partial charge on any atom is -0.465 e. The van der Waals surface area contributed by atoms with Crippen LogP contribution in [0.3, 0.4) is 0 Å². The van der Waals surface area contributed by atoms with E-state index in [1.165, 1.54) is 13.0 Å². The SMILES string of the molecule is CC(c1ccc(F)cc1Cl)N(C(=O)C(F)(F)F)C1CN(C(=O)O)C1. The summed E-state index contributed by atoms with van der Waals surface area (Å²) < 4.78 is 51.8. The summed E-state index contributed by atoms with van der Waals surface area (Å²) in [6.07, 6.45) is -6.40. The molecule has 2 amide bonds. The predicted octanol–water partition coefficient (Wildman–Crippen LogP) is 3.29. The molecule has 0 aromatic heterocycles. The van der Waals surface area contributed by atoms with Crippen LogP contribution in [0.4, 0.5) is 22.4 Å². The molecule has 1 atom stereocenters. The molecule has 1 aromatic carbocycles. The summed E-state index contributed by atoms with van der Waals surface area (Å²) in [5, 5.41) is 8.69. The smallest absolute Gasteiger partial charge is 0.465 e. The van der Waals surface area contributed by atoms with Gasteiger partial charge in [-0.1, -0.05) is 17.7 Å². The highest BCUT2D eigenvalue weighted by atomic mass is 35.5. The summed E-state index contributed by atoms with van der Waals surface area (Å²) >= 11 is 5.87. The van der Waals surface area contributed by atoms with Crippen molar-refractivity contribution in [1.29, 1.82) is 0 Å². The van der Waals surface area contributed by atoms with Gasteiger partial charge in [0.05, 0.1) is 12.1 Å². The van der Waals surface area contributed by atoms with Gasteiger partial charge in [-0.25, -0.2) is 9.18 Å². The molecule has 5 nitrogen and oxygen atoms in total. The van der Waals surface area contributed by atoms with Crippen LogP contribution in [0.25, 0.3) is 0 Å². The molecular weight excluding hydrogens is 356 g/mol. The Balaban J connectivity index is 2.32. The molecule has 1 aromatic rings. The lowest BCUT2D eigenvalue weighted by molar-refractivity contribution is -0.193. The molecule has 2 rings (SSSR count). The molecule has 1 aliphatic rings. The van der Waals surface area contributed by atoms with Gasteiger partial charge in [0.2, 0.25) is 0 Å². The van der Waals surface area contributed by atoms with Gasteiger partial charge in [-0.2, -0.15) is 13.2 Å². The number of carboxylic acid groups (broad SMARTS) is 1. The number of likely N-dealkylation sites (tertiary alicyclic amines) is 1. The Morgan fingerprint density at radius 3 is 2.42 bits per heavy atom. The van der Waals surface area contributed by atoms with Gasteiger partial charge in [-0.05, 0) is 24.6 Å². The third-order valence-electron chi connectivity index (χ3n) is 3.83. The van der Waals surface area contributed by atoms with E-state index in [1.807, 2.05) is 0 Å². The van der Waals surface area contributed by atoms with E-state index in [9.17, 15) is 27.2 Å². The van der Waals surface area contributed by atoms with Gasteiger partial charge in [0, 0.05) is 18.1 Å². The van der Waals surface area contributed by atoms with Crippen molar-refractivity contribution in [3.63, 3.8) is 0 Å². The summed E-state index contributed by atoms with van der Waals surface area (Å²) in [5.41, 5.74) is 0.143. The van der Waals surface area contributed by atoms with Crippen LogP contribution in [0, 0.1) is 5.82 Å². The maximum atomic E-state index is 13.1. The van der Waals surface area contributed by atoms with Gasteiger partial charge in [0.1, 0.15) is 5.82 Å². The highest BCUT2D eigenvalue weighted by Gasteiger charge is 2.49. The molecule has 1 aliphatic heterocycles. The molecule has 1 unspecified atom stereocenters. The van der Waals surface area contributed by atoms with E-state index in [2.05, 4.69) is 0 Å². The van der Waals surface area contributed by atoms with Crippen molar-refractivity contribution in [3.8, 4) is 0 Å². The largest absolute Gasteiger partial charge is 0.471 e. The van der Waals surface area contributed by atoms with Crippen LogP contribution in [0.2, 0.25) is 5.02 Å². The van der Waals surface area contributed by atoms with E-state index in [4.69, 9.17) is 16.7 Å². The highest BCUT2D eigenvalue weighted by molar-refractivity contribution is 6.31. The van der Waals surface area contributed by atoms with Crippen LogP contribution >= 0.6 is 11.6 Å². The highest BCUT2D eigenvalue weighted by Crippen LogP contribution is 2.34.